The standard InChI is InChI=1S/C16H16IN2O8P/c17-10-6-19(16(22)18-15(10)21)14-5-11(20)13(26-14)8-25-28(23)24-7-9-3-1-2-4-12(9)27-28/h1-4,6,11,13-14,20H,5,7-8H2,(H,18,21,22)/t11-,13+,14+,28-/m0/s1/i17-2. The Morgan fingerprint density at radius 1 is 1.36 bits per heavy atom. The molecule has 1 saturated heterocycles. The minimum Gasteiger partial charge on any atom is -0.404 e. The number of benzene rings is 1. The van der Waals surface area contributed by atoms with Gasteiger partial charge in [0, 0.05) is 18.2 Å². The molecule has 4 rings (SSSR count). The summed E-state index contributed by atoms with van der Waals surface area (Å²) >= 11 is 1.80. The van der Waals surface area contributed by atoms with Crippen LogP contribution >= 0.6 is 30.4 Å². The number of halogens is 1. The molecule has 0 saturated carbocycles. The van der Waals surface area contributed by atoms with Crippen molar-refractivity contribution in [1.82, 2.24) is 9.55 Å². The van der Waals surface area contributed by atoms with E-state index in [-0.39, 0.29) is 19.6 Å². The molecular weight excluding hydrogens is 504 g/mol. The van der Waals surface area contributed by atoms with Gasteiger partial charge in [-0.25, -0.2) is 9.36 Å². The van der Waals surface area contributed by atoms with Crippen LogP contribution in [0.2, 0.25) is 0 Å². The largest absolute Gasteiger partial charge is 0.530 e. The van der Waals surface area contributed by atoms with E-state index in [1.807, 2.05) is 6.07 Å². The summed E-state index contributed by atoms with van der Waals surface area (Å²) in [6, 6.07) is 7.00. The zero-order valence-electron chi connectivity index (χ0n) is 14.3. The quantitative estimate of drug-likeness (QED) is 0.459. The predicted octanol–water partition coefficient (Wildman–Crippen LogP) is 1.52. The van der Waals surface area contributed by atoms with Crippen molar-refractivity contribution in [3.05, 3.63) is 60.4 Å². The second-order valence-electron chi connectivity index (χ2n) is 6.29. The summed E-state index contributed by atoms with van der Waals surface area (Å²) in [5.41, 5.74) is -0.389. The SMILES string of the molecule is O=c1[nH]c(=O)n([C@H]2C[C@H](O)[C@@H](CO[P@]3(=O)OCc4ccccc4O3)O2)cc1[125I]. The summed E-state index contributed by atoms with van der Waals surface area (Å²) in [5, 5.41) is 10.2. The summed E-state index contributed by atoms with van der Waals surface area (Å²) in [5.74, 6) is 0.414. The summed E-state index contributed by atoms with van der Waals surface area (Å²) in [4.78, 5) is 25.7. The fourth-order valence-electron chi connectivity index (χ4n) is 2.95. The summed E-state index contributed by atoms with van der Waals surface area (Å²) < 4.78 is 35.7. The van der Waals surface area contributed by atoms with Crippen LogP contribution in [0.25, 0.3) is 0 Å². The monoisotopic (exact) mass is 520 g/mol. The first-order chi connectivity index (χ1) is 13.3. The molecule has 2 aliphatic rings. The van der Waals surface area contributed by atoms with Crippen molar-refractivity contribution in [1.29, 1.82) is 0 Å². The van der Waals surface area contributed by atoms with Crippen molar-refractivity contribution in [2.45, 2.75) is 31.5 Å². The van der Waals surface area contributed by atoms with Gasteiger partial charge in [-0.1, -0.05) is 18.2 Å². The number of phosphoric ester groups is 1. The molecular formula is C16H16IN2O8P. The molecule has 0 spiro atoms. The van der Waals surface area contributed by atoms with Crippen LogP contribution in [-0.2, 0) is 25.0 Å². The van der Waals surface area contributed by atoms with E-state index in [1.54, 1.807) is 40.8 Å². The minimum atomic E-state index is -3.85. The van der Waals surface area contributed by atoms with Crippen molar-refractivity contribution in [2.24, 2.45) is 0 Å². The van der Waals surface area contributed by atoms with Crippen LogP contribution in [0.5, 0.6) is 5.75 Å². The van der Waals surface area contributed by atoms with Crippen LogP contribution in [0.1, 0.15) is 18.2 Å². The van der Waals surface area contributed by atoms with Gasteiger partial charge in [0.25, 0.3) is 5.56 Å². The lowest BCUT2D eigenvalue weighted by molar-refractivity contribution is -0.0469. The number of phosphoric acid groups is 1. The molecule has 2 N–H and O–H groups in total. The number of nitrogens with one attached hydrogen (secondary N) is 1. The maximum absolute atomic E-state index is 12.6. The highest BCUT2D eigenvalue weighted by molar-refractivity contribution is 14.1. The lowest BCUT2D eigenvalue weighted by Crippen LogP contribution is -2.33. The molecule has 0 bridgehead atoms. The van der Waals surface area contributed by atoms with Crippen LogP contribution < -0.4 is 15.8 Å². The number of para-hydroxylation sites is 1. The average molecular weight is 520 g/mol. The van der Waals surface area contributed by atoms with Crippen LogP contribution in [0.15, 0.2) is 40.1 Å². The molecule has 0 radical (unpaired) electrons. The second-order valence-corrected chi connectivity index (χ2v) is 9.05. The van der Waals surface area contributed by atoms with E-state index < -0.39 is 37.5 Å². The first-order valence-corrected chi connectivity index (χ1v) is 10.9. The Hall–Kier alpha value is -1.50. The Kier molecular flexibility index (Phi) is 5.47. The molecule has 4 atom stereocenters. The van der Waals surface area contributed by atoms with Crippen molar-refractivity contribution >= 4 is 30.4 Å². The molecule has 12 heteroatoms. The highest BCUT2D eigenvalue weighted by Crippen LogP contribution is 2.54. The van der Waals surface area contributed by atoms with Gasteiger partial charge in [0.05, 0.1) is 22.9 Å². The maximum atomic E-state index is 12.6. The number of aliphatic hydroxyl groups excluding tert-OH is 1. The summed E-state index contributed by atoms with van der Waals surface area (Å²) in [6.45, 7) is -0.179. The molecule has 28 heavy (non-hydrogen) atoms. The van der Waals surface area contributed by atoms with Gasteiger partial charge in [0.15, 0.2) is 0 Å². The first kappa shape index (κ1) is 19.8. The third kappa shape index (κ3) is 3.95. The number of H-pyrrole nitrogens is 1. The number of aromatic nitrogens is 2. The molecule has 0 aliphatic carbocycles. The fraction of sp³-hybridized carbons (Fsp3) is 0.375. The van der Waals surface area contributed by atoms with E-state index in [9.17, 15) is 19.3 Å². The molecule has 1 fully saturated rings. The smallest absolute Gasteiger partial charge is 0.404 e. The van der Waals surface area contributed by atoms with Gasteiger partial charge in [0.1, 0.15) is 18.1 Å². The maximum Gasteiger partial charge on any atom is 0.530 e. The average Bonchev–Trinajstić information content (AvgIpc) is 3.03. The topological polar surface area (TPSA) is 129 Å². The van der Waals surface area contributed by atoms with E-state index >= 15 is 0 Å². The van der Waals surface area contributed by atoms with E-state index in [4.69, 9.17) is 18.3 Å². The lowest BCUT2D eigenvalue weighted by Gasteiger charge is -2.26. The van der Waals surface area contributed by atoms with Crippen LogP contribution in [0, 0.1) is 3.57 Å². The Morgan fingerprint density at radius 2 is 2.14 bits per heavy atom. The Bertz CT molecular complexity index is 1050. The summed E-state index contributed by atoms with van der Waals surface area (Å²) in [6.07, 6.45) is -1.15. The van der Waals surface area contributed by atoms with E-state index in [0.717, 1.165) is 5.56 Å². The molecule has 2 aliphatic heterocycles. The Labute approximate surface area is 172 Å². The van der Waals surface area contributed by atoms with E-state index in [2.05, 4.69) is 4.98 Å². The number of ether oxygens (including phenoxy) is 1. The number of nitrogens with zero attached hydrogens (tertiary/aromatic N) is 1. The molecule has 2 aromatic rings. The summed E-state index contributed by atoms with van der Waals surface area (Å²) in [7, 11) is -3.85. The number of hydrogen-bond donors (Lipinski definition) is 2. The highest BCUT2D eigenvalue weighted by atomic mass is 125. The first-order valence-electron chi connectivity index (χ1n) is 8.36. The van der Waals surface area contributed by atoms with E-state index in [1.165, 1.54) is 10.8 Å². The van der Waals surface area contributed by atoms with Gasteiger partial charge in [0.2, 0.25) is 0 Å². The van der Waals surface area contributed by atoms with Gasteiger partial charge >= 0.3 is 13.5 Å². The van der Waals surface area contributed by atoms with Gasteiger partial charge in [-0.3, -0.25) is 23.4 Å². The van der Waals surface area contributed by atoms with Gasteiger partial charge < -0.3 is 14.4 Å². The van der Waals surface area contributed by atoms with Crippen molar-refractivity contribution in [3.63, 3.8) is 0 Å². The number of hydrogen-bond acceptors (Lipinski definition) is 8. The van der Waals surface area contributed by atoms with Crippen LogP contribution in [0.3, 0.4) is 0 Å². The van der Waals surface area contributed by atoms with Gasteiger partial charge in [-0.05, 0) is 28.7 Å². The Morgan fingerprint density at radius 3 is 2.96 bits per heavy atom. The number of fused-ring (bicyclic) bond motifs is 1. The number of aliphatic hydroxyl groups is 1. The van der Waals surface area contributed by atoms with Gasteiger partial charge in [-0.2, -0.15) is 0 Å². The van der Waals surface area contributed by atoms with Crippen LogP contribution in [-0.4, -0.2) is 33.5 Å². The number of rotatable bonds is 4. The van der Waals surface area contributed by atoms with Crippen LogP contribution in [0.4, 0.5) is 0 Å². The molecule has 1 aromatic heterocycles. The molecule has 150 valence electrons. The van der Waals surface area contributed by atoms with E-state index in [0.29, 0.717) is 9.32 Å². The van der Waals surface area contributed by atoms with Gasteiger partial charge in [-0.15, -0.1) is 0 Å². The molecule has 0 unspecified atom stereocenters. The fourth-order valence-corrected chi connectivity index (χ4v) is 4.61. The Balaban J connectivity index is 1.43. The third-order valence-corrected chi connectivity index (χ3v) is 6.50. The molecule has 1 aromatic carbocycles. The number of aromatic amines is 1. The third-order valence-electron chi connectivity index (χ3n) is 4.40. The molecule has 3 heterocycles. The highest BCUT2D eigenvalue weighted by Gasteiger charge is 2.40. The molecule has 10 nitrogen and oxygen atoms in total. The molecule has 0 amide bonds. The lowest BCUT2D eigenvalue weighted by atomic mass is 10.2. The van der Waals surface area contributed by atoms with Crippen molar-refractivity contribution < 1.29 is 28.0 Å². The van der Waals surface area contributed by atoms with Crippen molar-refractivity contribution in [2.75, 3.05) is 6.61 Å². The minimum absolute atomic E-state index is 0.0787. The van der Waals surface area contributed by atoms with Crippen molar-refractivity contribution in [3.8, 4) is 5.75 Å². The predicted molar refractivity (Wildman–Crippen MR) is 104 cm³/mol. The second kappa shape index (κ2) is 7.73. The normalized spacial score (nSPS) is 29.3. The zero-order valence-corrected chi connectivity index (χ0v) is 17.4. The zero-order chi connectivity index (χ0) is 19.9.